The summed E-state index contributed by atoms with van der Waals surface area (Å²) in [5, 5.41) is 0. The number of hydrogen-bond donors (Lipinski definition) is 0. The smallest absolute Gasteiger partial charge is 0.448 e. The molecule has 0 aromatic rings. The van der Waals surface area contributed by atoms with E-state index in [0.29, 0.717) is 6.20 Å². The molecule has 0 fully saturated rings. The van der Waals surface area contributed by atoms with Crippen molar-refractivity contribution >= 4 is 0 Å². The van der Waals surface area contributed by atoms with Crippen molar-refractivity contribution in [1.29, 1.82) is 0 Å². The van der Waals surface area contributed by atoms with Gasteiger partial charge in [-0.1, -0.05) is 0 Å². The number of halogens is 5. The molecule has 0 N–H and O–H groups in total. The number of quaternary nitrogens is 1. The zero-order valence-corrected chi connectivity index (χ0v) is 9.07. The molecule has 0 rings (SSSR count). The van der Waals surface area contributed by atoms with Gasteiger partial charge in [0.25, 0.3) is 5.83 Å². The molecule has 0 aromatic carbocycles. The summed E-state index contributed by atoms with van der Waals surface area (Å²) in [5.74, 6) is -2.05. The van der Waals surface area contributed by atoms with Crippen molar-refractivity contribution in [2.75, 3.05) is 21.1 Å². The summed E-state index contributed by atoms with van der Waals surface area (Å²) in [4.78, 5) is 0. The molecular weight excluding hydrogens is 289 g/mol. The van der Waals surface area contributed by atoms with Gasteiger partial charge in [-0.3, -0.25) is 0 Å². The van der Waals surface area contributed by atoms with E-state index in [-0.39, 0.29) is 28.5 Å². The van der Waals surface area contributed by atoms with E-state index in [0.717, 1.165) is 0 Å². The summed E-state index contributed by atoms with van der Waals surface area (Å²) in [6.07, 6.45) is -4.36. The third-order valence-electron chi connectivity index (χ3n) is 0.771. The second-order valence-corrected chi connectivity index (χ2v) is 3.09. The molecule has 12 heavy (non-hydrogen) atoms. The second kappa shape index (κ2) is 4.40. The van der Waals surface area contributed by atoms with E-state index in [9.17, 15) is 17.6 Å². The Morgan fingerprint density at radius 2 is 1.50 bits per heavy atom. The van der Waals surface area contributed by atoms with Gasteiger partial charge >= 0.3 is 6.18 Å². The normalized spacial score (nSPS) is 14.1. The van der Waals surface area contributed by atoms with Crippen LogP contribution in [0.25, 0.3) is 0 Å². The molecule has 0 unspecified atom stereocenters. The van der Waals surface area contributed by atoms with Crippen molar-refractivity contribution in [3.05, 3.63) is 12.0 Å². The molecule has 0 aromatic heterocycles. The molecule has 1 nitrogen and oxygen atoms in total. The lowest BCUT2D eigenvalue weighted by atomic mass is 10.5. The van der Waals surface area contributed by atoms with Crippen molar-refractivity contribution in [1.82, 2.24) is 0 Å². The number of hydrogen-bond acceptors (Lipinski definition) is 0. The summed E-state index contributed by atoms with van der Waals surface area (Å²) in [7, 11) is 4.31. The molecule has 0 aliphatic heterocycles. The first-order valence-corrected chi connectivity index (χ1v) is 2.89. The van der Waals surface area contributed by atoms with Gasteiger partial charge in [-0.15, -0.1) is 0 Å². The minimum Gasteiger partial charge on any atom is -1.00 e. The molecule has 0 heterocycles. The fourth-order valence-electron chi connectivity index (χ4n) is 0.413. The van der Waals surface area contributed by atoms with Crippen molar-refractivity contribution in [3.8, 4) is 0 Å². The first-order chi connectivity index (χ1) is 4.63. The largest absolute Gasteiger partial charge is 1.00 e. The Morgan fingerprint density at radius 3 is 1.58 bits per heavy atom. The van der Waals surface area contributed by atoms with E-state index in [1.54, 1.807) is 0 Å². The molecular formula is C6H10F4IN. The van der Waals surface area contributed by atoms with Gasteiger partial charge in [0.15, 0.2) is 0 Å². The molecule has 0 aliphatic carbocycles. The van der Waals surface area contributed by atoms with Crippen molar-refractivity contribution in [3.63, 3.8) is 0 Å². The molecule has 0 amide bonds. The first kappa shape index (κ1) is 14.7. The van der Waals surface area contributed by atoms with Crippen LogP contribution in [0.4, 0.5) is 17.6 Å². The maximum Gasteiger partial charge on any atom is 0.448 e. The van der Waals surface area contributed by atoms with Crippen LogP contribution in [0.2, 0.25) is 0 Å². The standard InChI is InChI=1S/C6H10F4N.HI/c1-11(2,3)4-5(7)6(8,9)10;/h4H,1-3H3;1H/q+1;/p-1/b5-4-;. The molecule has 74 valence electrons. The fraction of sp³-hybridized carbons (Fsp3) is 0.667. The van der Waals surface area contributed by atoms with Crippen molar-refractivity contribution < 1.29 is 46.0 Å². The van der Waals surface area contributed by atoms with Gasteiger partial charge in [-0.2, -0.15) is 17.6 Å². The van der Waals surface area contributed by atoms with Crippen LogP contribution in [-0.2, 0) is 0 Å². The fourth-order valence-corrected chi connectivity index (χ4v) is 0.413. The van der Waals surface area contributed by atoms with E-state index in [1.165, 1.54) is 21.1 Å². The summed E-state index contributed by atoms with van der Waals surface area (Å²) in [5.41, 5.74) is 0. The highest BCUT2D eigenvalue weighted by Crippen LogP contribution is 2.26. The first-order valence-electron chi connectivity index (χ1n) is 2.89. The molecule has 0 atom stereocenters. The highest BCUT2D eigenvalue weighted by atomic mass is 127. The highest BCUT2D eigenvalue weighted by molar-refractivity contribution is 4.93. The van der Waals surface area contributed by atoms with Gasteiger partial charge in [0.05, 0.1) is 21.1 Å². The average molecular weight is 299 g/mol. The zero-order chi connectivity index (χ0) is 9.28. The third kappa shape index (κ3) is 6.84. The van der Waals surface area contributed by atoms with Gasteiger partial charge in [-0.25, -0.2) is 0 Å². The van der Waals surface area contributed by atoms with Crippen LogP contribution in [0.1, 0.15) is 0 Å². The zero-order valence-electron chi connectivity index (χ0n) is 6.91. The topological polar surface area (TPSA) is 0 Å². The average Bonchev–Trinajstić information content (AvgIpc) is 1.56. The minimum atomic E-state index is -4.86. The summed E-state index contributed by atoms with van der Waals surface area (Å²) in [6, 6.07) is 0. The maximum absolute atomic E-state index is 12.1. The molecule has 0 saturated carbocycles. The third-order valence-corrected chi connectivity index (χ3v) is 0.771. The van der Waals surface area contributed by atoms with Crippen LogP contribution in [0, 0.1) is 0 Å². The van der Waals surface area contributed by atoms with Crippen LogP contribution in [-0.4, -0.2) is 31.8 Å². The molecule has 0 bridgehead atoms. The Balaban J connectivity index is 0. The number of allylic oxidation sites excluding steroid dienone is 1. The lowest BCUT2D eigenvalue weighted by Crippen LogP contribution is -3.00. The number of nitrogens with zero attached hydrogens (tertiary/aromatic N) is 1. The van der Waals surface area contributed by atoms with Crippen LogP contribution in [0.15, 0.2) is 12.0 Å². The summed E-state index contributed by atoms with van der Waals surface area (Å²) in [6.45, 7) is 0. The van der Waals surface area contributed by atoms with E-state index < -0.39 is 12.0 Å². The molecule has 0 saturated heterocycles. The van der Waals surface area contributed by atoms with Crippen LogP contribution in [0.3, 0.4) is 0 Å². The predicted octanol–water partition coefficient (Wildman–Crippen LogP) is -0.930. The van der Waals surface area contributed by atoms with Gasteiger partial charge in [0.1, 0.15) is 6.20 Å². The molecule has 0 aliphatic rings. The van der Waals surface area contributed by atoms with Gasteiger partial charge < -0.3 is 28.5 Å². The van der Waals surface area contributed by atoms with Gasteiger partial charge in [0.2, 0.25) is 0 Å². The Kier molecular flexibility index (Phi) is 5.38. The lowest BCUT2D eigenvalue weighted by Gasteiger charge is -2.18. The second-order valence-electron chi connectivity index (χ2n) is 3.09. The number of rotatable bonds is 1. The van der Waals surface area contributed by atoms with Crippen LogP contribution >= 0.6 is 0 Å². The molecule has 0 spiro atoms. The predicted molar refractivity (Wildman–Crippen MR) is 33.3 cm³/mol. The summed E-state index contributed by atoms with van der Waals surface area (Å²) < 4.78 is 46.5. The Hall–Kier alpha value is 0.150. The number of alkyl halides is 3. The van der Waals surface area contributed by atoms with E-state index in [4.69, 9.17) is 0 Å². The van der Waals surface area contributed by atoms with E-state index in [1.807, 2.05) is 0 Å². The molecule has 6 heteroatoms. The molecule has 0 radical (unpaired) electrons. The quantitative estimate of drug-likeness (QED) is 0.333. The maximum atomic E-state index is 12.1. The highest BCUT2D eigenvalue weighted by Gasteiger charge is 2.37. The monoisotopic (exact) mass is 299 g/mol. The van der Waals surface area contributed by atoms with E-state index >= 15 is 0 Å². The lowest BCUT2D eigenvalue weighted by molar-refractivity contribution is -0.818. The summed E-state index contributed by atoms with van der Waals surface area (Å²) >= 11 is 0. The minimum absolute atomic E-state index is 0. The van der Waals surface area contributed by atoms with Crippen molar-refractivity contribution in [2.24, 2.45) is 0 Å². The van der Waals surface area contributed by atoms with E-state index in [2.05, 4.69) is 0 Å². The van der Waals surface area contributed by atoms with Gasteiger partial charge in [-0.05, 0) is 0 Å². The Bertz CT molecular complexity index is 167. The van der Waals surface area contributed by atoms with Gasteiger partial charge in [0, 0.05) is 0 Å². The van der Waals surface area contributed by atoms with Crippen molar-refractivity contribution in [2.45, 2.75) is 6.18 Å². The Labute approximate surface area is 85.7 Å². The SMILES string of the molecule is C[N+](C)(C)/C=C(\F)C(F)(F)F.[I-]. The Morgan fingerprint density at radius 1 is 1.17 bits per heavy atom. The van der Waals surface area contributed by atoms with Crippen LogP contribution < -0.4 is 24.0 Å². The van der Waals surface area contributed by atoms with Crippen LogP contribution in [0.5, 0.6) is 0 Å².